The number of methoxy groups -OCH3 is 1. The molecule has 0 heterocycles. The Kier molecular flexibility index (Phi) is 5.60. The van der Waals surface area contributed by atoms with E-state index in [1.807, 2.05) is 6.92 Å². The summed E-state index contributed by atoms with van der Waals surface area (Å²) in [5.41, 5.74) is 0.244. The van der Waals surface area contributed by atoms with Crippen molar-refractivity contribution in [1.82, 2.24) is 0 Å². The molecule has 0 spiro atoms. The molecule has 0 aromatic heterocycles. The van der Waals surface area contributed by atoms with Gasteiger partial charge in [0.15, 0.2) is 0 Å². The predicted molar refractivity (Wildman–Crippen MR) is 86.0 cm³/mol. The Hall–Kier alpha value is -2.08. The zero-order chi connectivity index (χ0) is 16.9. The largest absolute Gasteiger partial charge is 0.496 e. The zero-order valence-electron chi connectivity index (χ0n) is 13.6. The molecule has 126 valence electrons. The highest BCUT2D eigenvalue weighted by atomic mass is 16.5. The first kappa shape index (κ1) is 17.3. The third kappa shape index (κ3) is 3.82. The molecule has 1 aliphatic rings. The molecule has 23 heavy (non-hydrogen) atoms. The van der Waals surface area contributed by atoms with Crippen molar-refractivity contribution in [3.05, 3.63) is 23.8 Å². The van der Waals surface area contributed by atoms with Crippen LogP contribution in [0.25, 0.3) is 0 Å². The minimum atomic E-state index is -1.06. The molecular weight excluding hydrogens is 298 g/mol. The molecule has 6 heteroatoms. The Morgan fingerprint density at radius 1 is 1.35 bits per heavy atom. The molecule has 2 N–H and O–H groups in total. The molecule has 1 saturated carbocycles. The van der Waals surface area contributed by atoms with Gasteiger partial charge in [0, 0.05) is 25.0 Å². The highest BCUT2D eigenvalue weighted by Crippen LogP contribution is 2.45. The summed E-state index contributed by atoms with van der Waals surface area (Å²) in [6.45, 7) is 3.15. The summed E-state index contributed by atoms with van der Waals surface area (Å²) in [4.78, 5) is 23.7. The molecule has 0 unspecified atom stereocenters. The molecule has 1 fully saturated rings. The van der Waals surface area contributed by atoms with E-state index in [4.69, 9.17) is 14.6 Å². The first-order valence-corrected chi connectivity index (χ1v) is 7.83. The number of aromatic carboxylic acids is 1. The van der Waals surface area contributed by atoms with Gasteiger partial charge < -0.3 is 19.9 Å². The smallest absolute Gasteiger partial charge is 0.339 e. The summed E-state index contributed by atoms with van der Waals surface area (Å²) in [7, 11) is 1.41. The molecule has 0 radical (unpaired) electrons. The minimum Gasteiger partial charge on any atom is -0.496 e. The van der Waals surface area contributed by atoms with Gasteiger partial charge in [0.25, 0.3) is 0 Å². The summed E-state index contributed by atoms with van der Waals surface area (Å²) in [5, 5.41) is 12.0. The van der Waals surface area contributed by atoms with E-state index < -0.39 is 5.97 Å². The third-order valence-electron chi connectivity index (χ3n) is 4.41. The number of nitrogens with one attached hydrogen (secondary N) is 1. The molecule has 1 aromatic rings. The lowest BCUT2D eigenvalue weighted by atomic mass is 9.66. The van der Waals surface area contributed by atoms with E-state index in [2.05, 4.69) is 5.32 Å². The molecular formula is C17H23NO5. The molecule has 0 aliphatic heterocycles. The first-order valence-electron chi connectivity index (χ1n) is 7.83. The van der Waals surface area contributed by atoms with Gasteiger partial charge in [-0.1, -0.05) is 6.42 Å². The standard InChI is InChI=1S/C17H23NO5/c1-3-23-10-9-17(7-4-8-17)16(21)18-12-5-6-13(15(19)20)14(11-12)22-2/h5-6,11H,3-4,7-10H2,1-2H3,(H,18,21)(H,19,20). The van der Waals surface area contributed by atoms with Gasteiger partial charge in [-0.25, -0.2) is 4.79 Å². The minimum absolute atomic E-state index is 0.0337. The van der Waals surface area contributed by atoms with Crippen LogP contribution in [0.2, 0.25) is 0 Å². The topological polar surface area (TPSA) is 84.9 Å². The Labute approximate surface area is 135 Å². The van der Waals surface area contributed by atoms with Crippen LogP contribution in [0.15, 0.2) is 18.2 Å². The normalized spacial score (nSPS) is 15.6. The van der Waals surface area contributed by atoms with Gasteiger partial charge in [0.1, 0.15) is 11.3 Å². The maximum atomic E-state index is 12.6. The lowest BCUT2D eigenvalue weighted by Gasteiger charge is -2.40. The molecule has 0 bridgehead atoms. The van der Waals surface area contributed by atoms with Gasteiger partial charge in [-0.3, -0.25) is 4.79 Å². The predicted octanol–water partition coefficient (Wildman–Crippen LogP) is 2.93. The van der Waals surface area contributed by atoms with Crippen molar-refractivity contribution in [2.45, 2.75) is 32.6 Å². The van der Waals surface area contributed by atoms with Crippen LogP contribution < -0.4 is 10.1 Å². The van der Waals surface area contributed by atoms with E-state index in [1.165, 1.54) is 19.2 Å². The number of hydrogen-bond donors (Lipinski definition) is 2. The van der Waals surface area contributed by atoms with E-state index in [9.17, 15) is 9.59 Å². The Morgan fingerprint density at radius 3 is 2.61 bits per heavy atom. The lowest BCUT2D eigenvalue weighted by Crippen LogP contribution is -2.42. The second kappa shape index (κ2) is 7.46. The molecule has 2 rings (SSSR count). The number of hydrogen-bond acceptors (Lipinski definition) is 4. The number of rotatable bonds is 8. The molecule has 1 amide bonds. The quantitative estimate of drug-likeness (QED) is 0.719. The van der Waals surface area contributed by atoms with Crippen LogP contribution in [0.5, 0.6) is 5.75 Å². The second-order valence-electron chi connectivity index (χ2n) is 5.76. The van der Waals surface area contributed by atoms with Gasteiger partial charge >= 0.3 is 5.97 Å². The van der Waals surface area contributed by atoms with Crippen molar-refractivity contribution < 1.29 is 24.2 Å². The van der Waals surface area contributed by atoms with Crippen molar-refractivity contribution in [3.63, 3.8) is 0 Å². The number of carbonyl (C=O) groups is 2. The number of amides is 1. The molecule has 0 saturated heterocycles. The number of carboxylic acids is 1. The van der Waals surface area contributed by atoms with Crippen LogP contribution >= 0.6 is 0 Å². The van der Waals surface area contributed by atoms with Gasteiger partial charge in [-0.2, -0.15) is 0 Å². The summed E-state index contributed by atoms with van der Waals surface area (Å²) < 4.78 is 10.5. The van der Waals surface area contributed by atoms with Crippen molar-refractivity contribution in [3.8, 4) is 5.75 Å². The summed E-state index contributed by atoms with van der Waals surface area (Å²) in [6.07, 6.45) is 3.46. The molecule has 0 atom stereocenters. The highest BCUT2D eigenvalue weighted by molar-refractivity contribution is 5.97. The number of carbonyl (C=O) groups excluding carboxylic acids is 1. The molecule has 1 aliphatic carbocycles. The fourth-order valence-electron chi connectivity index (χ4n) is 2.82. The summed E-state index contributed by atoms with van der Waals surface area (Å²) in [5.74, 6) is -0.868. The van der Waals surface area contributed by atoms with Gasteiger partial charge in [-0.15, -0.1) is 0 Å². The van der Waals surface area contributed by atoms with Crippen molar-refractivity contribution in [2.24, 2.45) is 5.41 Å². The average Bonchev–Trinajstić information content (AvgIpc) is 2.49. The summed E-state index contributed by atoms with van der Waals surface area (Å²) >= 11 is 0. The monoisotopic (exact) mass is 321 g/mol. The second-order valence-corrected chi connectivity index (χ2v) is 5.76. The lowest BCUT2D eigenvalue weighted by molar-refractivity contribution is -0.132. The molecule has 6 nitrogen and oxygen atoms in total. The Morgan fingerprint density at radius 2 is 2.09 bits per heavy atom. The van der Waals surface area contributed by atoms with Crippen LogP contribution in [0.1, 0.15) is 43.0 Å². The summed E-state index contributed by atoms with van der Waals surface area (Å²) in [6, 6.07) is 4.56. The number of carboxylic acid groups (broad SMARTS) is 1. The Bertz CT molecular complexity index is 580. The maximum absolute atomic E-state index is 12.6. The average molecular weight is 321 g/mol. The van der Waals surface area contributed by atoms with E-state index >= 15 is 0 Å². The maximum Gasteiger partial charge on any atom is 0.339 e. The number of anilines is 1. The zero-order valence-corrected chi connectivity index (χ0v) is 13.6. The van der Waals surface area contributed by atoms with Crippen molar-refractivity contribution >= 4 is 17.6 Å². The fraction of sp³-hybridized carbons (Fsp3) is 0.529. The van der Waals surface area contributed by atoms with E-state index in [0.717, 1.165) is 19.3 Å². The molecule has 1 aromatic carbocycles. The van der Waals surface area contributed by atoms with Crippen molar-refractivity contribution in [1.29, 1.82) is 0 Å². The van der Waals surface area contributed by atoms with Crippen LogP contribution in [0.3, 0.4) is 0 Å². The van der Waals surface area contributed by atoms with Gasteiger partial charge in [0.2, 0.25) is 5.91 Å². The van der Waals surface area contributed by atoms with Crippen LogP contribution in [0, 0.1) is 5.41 Å². The van der Waals surface area contributed by atoms with Crippen LogP contribution in [0.4, 0.5) is 5.69 Å². The van der Waals surface area contributed by atoms with Crippen LogP contribution in [-0.4, -0.2) is 37.3 Å². The van der Waals surface area contributed by atoms with Crippen molar-refractivity contribution in [2.75, 3.05) is 25.6 Å². The number of ether oxygens (including phenoxy) is 2. The first-order chi connectivity index (χ1) is 11.0. The van der Waals surface area contributed by atoms with E-state index in [-0.39, 0.29) is 22.6 Å². The third-order valence-corrected chi connectivity index (χ3v) is 4.41. The van der Waals surface area contributed by atoms with Gasteiger partial charge in [-0.05, 0) is 38.3 Å². The highest BCUT2D eigenvalue weighted by Gasteiger charge is 2.43. The SMILES string of the molecule is CCOCCC1(C(=O)Nc2ccc(C(=O)O)c(OC)c2)CCC1. The van der Waals surface area contributed by atoms with Gasteiger partial charge in [0.05, 0.1) is 12.5 Å². The van der Waals surface area contributed by atoms with E-state index in [0.29, 0.717) is 25.3 Å². The fourth-order valence-corrected chi connectivity index (χ4v) is 2.82. The Balaban J connectivity index is 2.08. The van der Waals surface area contributed by atoms with Crippen LogP contribution in [-0.2, 0) is 9.53 Å². The number of benzene rings is 1. The van der Waals surface area contributed by atoms with E-state index in [1.54, 1.807) is 6.07 Å².